The molecule has 0 spiro atoms. The van der Waals surface area contributed by atoms with Gasteiger partial charge in [0, 0.05) is 23.2 Å². The third-order valence-corrected chi connectivity index (χ3v) is 4.12. The minimum atomic E-state index is -1.14. The molecule has 1 aliphatic heterocycles. The molecule has 0 bridgehead atoms. The summed E-state index contributed by atoms with van der Waals surface area (Å²) in [5, 5.41) is 12.3. The average Bonchev–Trinajstić information content (AvgIpc) is 2.75. The van der Waals surface area contributed by atoms with Crippen LogP contribution in [0.3, 0.4) is 0 Å². The molecule has 0 saturated carbocycles. The number of amides is 2. The number of hydrogen-bond acceptors (Lipinski definition) is 2. The molecule has 2 rings (SSSR count). The van der Waals surface area contributed by atoms with Gasteiger partial charge in [0.1, 0.15) is 0 Å². The first-order chi connectivity index (χ1) is 9.90. The lowest BCUT2D eigenvalue weighted by Gasteiger charge is -2.25. The zero-order valence-corrected chi connectivity index (χ0v) is 12.8. The predicted molar refractivity (Wildman–Crippen MR) is 80.3 cm³/mol. The van der Waals surface area contributed by atoms with Crippen molar-refractivity contribution in [1.29, 1.82) is 0 Å². The number of carboxylic acids is 1. The maximum Gasteiger partial charge on any atom is 0.331 e. The number of carbonyl (C=O) groups excluding carboxylic acids is 1. The summed E-state index contributed by atoms with van der Waals surface area (Å²) < 4.78 is 0. The van der Waals surface area contributed by atoms with Gasteiger partial charge in [0.15, 0.2) is 6.04 Å². The second kappa shape index (κ2) is 6.35. The number of benzene rings is 1. The van der Waals surface area contributed by atoms with Gasteiger partial charge in [-0.2, -0.15) is 0 Å². The van der Waals surface area contributed by atoms with Gasteiger partial charge >= 0.3 is 12.0 Å². The number of nitrogens with one attached hydrogen (secondary N) is 1. The highest BCUT2D eigenvalue weighted by Gasteiger charge is 2.33. The first-order valence-electron chi connectivity index (χ1n) is 6.94. The molecule has 2 N–H and O–H groups in total. The molecular weight excluding hydrogens is 292 g/mol. The maximum atomic E-state index is 12.3. The predicted octanol–water partition coefficient (Wildman–Crippen LogP) is 2.91. The lowest BCUT2D eigenvalue weighted by Crippen LogP contribution is -2.45. The van der Waals surface area contributed by atoms with Crippen molar-refractivity contribution in [3.63, 3.8) is 0 Å². The monoisotopic (exact) mass is 310 g/mol. The Morgan fingerprint density at radius 3 is 2.57 bits per heavy atom. The summed E-state index contributed by atoms with van der Waals surface area (Å²) in [7, 11) is 0. The van der Waals surface area contributed by atoms with Crippen molar-refractivity contribution in [3.8, 4) is 0 Å². The Hall–Kier alpha value is -1.75. The molecule has 2 amide bonds. The molecule has 21 heavy (non-hydrogen) atoms. The molecule has 114 valence electrons. The Kier molecular flexibility index (Phi) is 4.73. The molecule has 1 saturated heterocycles. The second-order valence-corrected chi connectivity index (χ2v) is 5.99. The maximum absolute atomic E-state index is 12.3. The summed E-state index contributed by atoms with van der Waals surface area (Å²) in [6.07, 6.45) is 0.928. The third kappa shape index (κ3) is 3.47. The molecule has 0 radical (unpaired) electrons. The van der Waals surface area contributed by atoms with Gasteiger partial charge in [-0.05, 0) is 25.3 Å². The molecule has 2 unspecified atom stereocenters. The van der Waals surface area contributed by atoms with E-state index >= 15 is 0 Å². The molecule has 1 aromatic rings. The van der Waals surface area contributed by atoms with Crippen LogP contribution in [0.25, 0.3) is 0 Å². The first kappa shape index (κ1) is 15.6. The third-order valence-electron chi connectivity index (χ3n) is 3.78. The zero-order valence-electron chi connectivity index (χ0n) is 12.0. The number of halogens is 1. The van der Waals surface area contributed by atoms with Gasteiger partial charge in [0.05, 0.1) is 0 Å². The summed E-state index contributed by atoms with van der Waals surface area (Å²) in [5.74, 6) is -0.703. The highest BCUT2D eigenvalue weighted by molar-refractivity contribution is 6.31. The van der Waals surface area contributed by atoms with Crippen LogP contribution in [0.15, 0.2) is 24.3 Å². The van der Waals surface area contributed by atoms with Crippen LogP contribution >= 0.6 is 11.6 Å². The SMILES string of the molecule is CC1CC(C)N(C(=O)N[C@@H](C(=O)O)c2ccccc2Cl)C1. The van der Waals surface area contributed by atoms with Crippen LogP contribution in [0.2, 0.25) is 5.02 Å². The fraction of sp³-hybridized carbons (Fsp3) is 0.467. The highest BCUT2D eigenvalue weighted by atomic mass is 35.5. The van der Waals surface area contributed by atoms with Crippen molar-refractivity contribution in [3.05, 3.63) is 34.9 Å². The van der Waals surface area contributed by atoms with E-state index in [1.165, 1.54) is 0 Å². The Morgan fingerprint density at radius 2 is 2.05 bits per heavy atom. The van der Waals surface area contributed by atoms with E-state index in [1.54, 1.807) is 29.2 Å². The summed E-state index contributed by atoms with van der Waals surface area (Å²) in [5.41, 5.74) is 0.389. The summed E-state index contributed by atoms with van der Waals surface area (Å²) in [4.78, 5) is 25.4. The van der Waals surface area contributed by atoms with Crippen LogP contribution < -0.4 is 5.32 Å². The lowest BCUT2D eigenvalue weighted by molar-refractivity contribution is -0.139. The van der Waals surface area contributed by atoms with Crippen LogP contribution in [0.5, 0.6) is 0 Å². The van der Waals surface area contributed by atoms with Crippen molar-refractivity contribution in [2.75, 3.05) is 6.54 Å². The van der Waals surface area contributed by atoms with E-state index in [0.29, 0.717) is 23.0 Å². The number of carboxylic acid groups (broad SMARTS) is 1. The fourth-order valence-corrected chi connectivity index (χ4v) is 3.02. The minimum absolute atomic E-state index is 0.112. The number of rotatable bonds is 3. The standard InChI is InChI=1S/C15H19ClN2O3/c1-9-7-10(2)18(8-9)15(21)17-13(14(19)20)11-5-3-4-6-12(11)16/h3-6,9-10,13H,7-8H2,1-2H3,(H,17,21)(H,19,20)/t9?,10?,13-/m1/s1. The highest BCUT2D eigenvalue weighted by Crippen LogP contribution is 2.25. The van der Waals surface area contributed by atoms with Gasteiger partial charge in [-0.15, -0.1) is 0 Å². The minimum Gasteiger partial charge on any atom is -0.479 e. The van der Waals surface area contributed by atoms with E-state index in [1.807, 2.05) is 6.92 Å². The van der Waals surface area contributed by atoms with Crippen molar-refractivity contribution in [1.82, 2.24) is 10.2 Å². The van der Waals surface area contributed by atoms with E-state index in [4.69, 9.17) is 11.6 Å². The van der Waals surface area contributed by atoms with Gasteiger partial charge in [-0.25, -0.2) is 9.59 Å². The summed E-state index contributed by atoms with van der Waals surface area (Å²) >= 11 is 6.03. The van der Waals surface area contributed by atoms with Crippen molar-refractivity contribution in [2.24, 2.45) is 5.92 Å². The molecule has 0 aliphatic carbocycles. The summed E-state index contributed by atoms with van der Waals surface area (Å²) in [6, 6.07) is 5.24. The molecule has 0 aromatic heterocycles. The fourth-order valence-electron chi connectivity index (χ4n) is 2.77. The Balaban J connectivity index is 2.16. The largest absolute Gasteiger partial charge is 0.479 e. The topological polar surface area (TPSA) is 69.6 Å². The zero-order chi connectivity index (χ0) is 15.6. The van der Waals surface area contributed by atoms with Crippen LogP contribution in [-0.4, -0.2) is 34.6 Å². The van der Waals surface area contributed by atoms with Crippen molar-refractivity contribution < 1.29 is 14.7 Å². The lowest BCUT2D eigenvalue weighted by atomic mass is 10.1. The van der Waals surface area contributed by atoms with E-state index in [9.17, 15) is 14.7 Å². The molecule has 3 atom stereocenters. The van der Waals surface area contributed by atoms with Crippen LogP contribution in [0, 0.1) is 5.92 Å². The van der Waals surface area contributed by atoms with Gasteiger partial charge in [0.25, 0.3) is 0 Å². The smallest absolute Gasteiger partial charge is 0.331 e. The number of carbonyl (C=O) groups is 2. The first-order valence-corrected chi connectivity index (χ1v) is 7.32. The molecule has 1 aromatic carbocycles. The van der Waals surface area contributed by atoms with E-state index in [2.05, 4.69) is 12.2 Å². The van der Waals surface area contributed by atoms with Gasteiger partial charge in [-0.3, -0.25) is 0 Å². The summed E-state index contributed by atoms with van der Waals surface area (Å²) in [6.45, 7) is 4.68. The van der Waals surface area contributed by atoms with E-state index < -0.39 is 12.0 Å². The molecular formula is C15H19ClN2O3. The second-order valence-electron chi connectivity index (χ2n) is 5.58. The number of nitrogens with zero attached hydrogens (tertiary/aromatic N) is 1. The molecule has 6 heteroatoms. The molecule has 5 nitrogen and oxygen atoms in total. The van der Waals surface area contributed by atoms with E-state index in [0.717, 1.165) is 6.42 Å². The van der Waals surface area contributed by atoms with Crippen LogP contribution in [-0.2, 0) is 4.79 Å². The van der Waals surface area contributed by atoms with Crippen LogP contribution in [0.1, 0.15) is 31.9 Å². The number of hydrogen-bond donors (Lipinski definition) is 2. The molecule has 1 heterocycles. The molecule has 1 fully saturated rings. The van der Waals surface area contributed by atoms with Gasteiger partial charge in [0.2, 0.25) is 0 Å². The Morgan fingerprint density at radius 1 is 1.38 bits per heavy atom. The van der Waals surface area contributed by atoms with Crippen molar-refractivity contribution >= 4 is 23.6 Å². The number of aliphatic carboxylic acids is 1. The normalized spacial score (nSPS) is 22.9. The molecule has 1 aliphatic rings. The number of likely N-dealkylation sites (tertiary alicyclic amines) is 1. The van der Waals surface area contributed by atoms with E-state index in [-0.39, 0.29) is 12.1 Å². The Labute approximate surface area is 128 Å². The Bertz CT molecular complexity index is 549. The van der Waals surface area contributed by atoms with Crippen molar-refractivity contribution in [2.45, 2.75) is 32.4 Å². The van der Waals surface area contributed by atoms with Gasteiger partial charge in [-0.1, -0.05) is 36.7 Å². The van der Waals surface area contributed by atoms with Gasteiger partial charge < -0.3 is 15.3 Å². The number of urea groups is 1. The van der Waals surface area contributed by atoms with Crippen LogP contribution in [0.4, 0.5) is 4.79 Å². The quantitative estimate of drug-likeness (QED) is 0.902. The average molecular weight is 311 g/mol.